The second-order valence-electron chi connectivity index (χ2n) is 9.86. The molecule has 2 amide bonds. The Balaban J connectivity index is 1.43. The fourth-order valence-corrected chi connectivity index (χ4v) is 6.33. The van der Waals surface area contributed by atoms with Crippen molar-refractivity contribution < 1.29 is 14.3 Å². The molecule has 4 aliphatic rings. The molecule has 0 radical (unpaired) electrons. The van der Waals surface area contributed by atoms with Crippen LogP contribution in [0.15, 0.2) is 24.3 Å². The van der Waals surface area contributed by atoms with Crippen molar-refractivity contribution >= 4 is 11.8 Å². The number of amides is 2. The third kappa shape index (κ3) is 3.29. The van der Waals surface area contributed by atoms with Crippen LogP contribution in [0.3, 0.4) is 0 Å². The smallest absolute Gasteiger partial charge is 0.242 e. The molecule has 4 fully saturated rings. The molecule has 1 aliphatic carbocycles. The molecule has 1 aromatic rings. The van der Waals surface area contributed by atoms with Gasteiger partial charge in [-0.2, -0.15) is 0 Å². The molecule has 162 valence electrons. The fraction of sp³-hybridized carbons (Fsp3) is 0.667. The summed E-state index contributed by atoms with van der Waals surface area (Å²) in [7, 11) is 1.68. The fourth-order valence-electron chi connectivity index (χ4n) is 6.33. The molecular weight excluding hydrogens is 378 g/mol. The molecule has 3 saturated heterocycles. The molecule has 0 unspecified atom stereocenters. The number of likely N-dealkylation sites (tertiary alicyclic amines) is 1. The average Bonchev–Trinajstić information content (AvgIpc) is 2.74. The zero-order valence-electron chi connectivity index (χ0n) is 17.9. The number of piperidine rings is 3. The molecule has 4 atom stereocenters. The number of carbonyl (C=O) groups is 2. The van der Waals surface area contributed by atoms with Crippen molar-refractivity contribution in [3.8, 4) is 5.75 Å². The van der Waals surface area contributed by atoms with Gasteiger partial charge in [-0.3, -0.25) is 9.59 Å². The summed E-state index contributed by atoms with van der Waals surface area (Å²) in [5.74, 6) is 1.96. The van der Waals surface area contributed by atoms with Gasteiger partial charge in [0.2, 0.25) is 11.8 Å². The second-order valence-corrected chi connectivity index (χ2v) is 9.86. The first-order valence-corrected chi connectivity index (χ1v) is 11.5. The Morgan fingerprint density at radius 1 is 1.23 bits per heavy atom. The first-order chi connectivity index (χ1) is 14.5. The van der Waals surface area contributed by atoms with E-state index in [2.05, 4.69) is 17.0 Å². The van der Waals surface area contributed by atoms with Crippen molar-refractivity contribution in [2.24, 2.45) is 17.6 Å². The molecule has 1 aromatic carbocycles. The number of nitrogens with zero attached hydrogens (tertiary/aromatic N) is 2. The molecule has 2 N–H and O–H groups in total. The lowest BCUT2D eigenvalue weighted by molar-refractivity contribution is -0.159. The van der Waals surface area contributed by atoms with Gasteiger partial charge in [0, 0.05) is 31.6 Å². The van der Waals surface area contributed by atoms with Crippen molar-refractivity contribution in [1.82, 2.24) is 9.80 Å². The molecular formula is C24H33N3O3. The lowest BCUT2D eigenvalue weighted by atomic mass is 9.69. The third-order valence-corrected chi connectivity index (χ3v) is 8.03. The van der Waals surface area contributed by atoms with E-state index in [9.17, 15) is 9.59 Å². The van der Waals surface area contributed by atoms with Crippen molar-refractivity contribution in [2.45, 2.75) is 69.0 Å². The Bertz CT molecular complexity index is 837. The Morgan fingerprint density at radius 3 is 2.77 bits per heavy atom. The van der Waals surface area contributed by atoms with E-state index in [-0.39, 0.29) is 18.0 Å². The lowest BCUT2D eigenvalue weighted by Gasteiger charge is -2.57. The van der Waals surface area contributed by atoms with Crippen molar-refractivity contribution in [3.05, 3.63) is 29.8 Å². The monoisotopic (exact) mass is 411 g/mol. The summed E-state index contributed by atoms with van der Waals surface area (Å²) in [5, 5.41) is 0. The minimum absolute atomic E-state index is 0.136. The number of hydrogen-bond acceptors (Lipinski definition) is 4. The van der Waals surface area contributed by atoms with E-state index in [4.69, 9.17) is 10.5 Å². The topological polar surface area (TPSA) is 75.9 Å². The van der Waals surface area contributed by atoms with Crippen LogP contribution in [0, 0.1) is 11.8 Å². The molecule has 5 rings (SSSR count). The van der Waals surface area contributed by atoms with E-state index in [0.717, 1.165) is 63.8 Å². The van der Waals surface area contributed by atoms with Crippen LogP contribution >= 0.6 is 0 Å². The van der Waals surface area contributed by atoms with Crippen LogP contribution in [0.2, 0.25) is 0 Å². The van der Waals surface area contributed by atoms with Crippen LogP contribution in [-0.4, -0.2) is 59.4 Å². The molecule has 6 nitrogen and oxygen atoms in total. The minimum Gasteiger partial charge on any atom is -0.497 e. The predicted octanol–water partition coefficient (Wildman–Crippen LogP) is 2.35. The highest BCUT2D eigenvalue weighted by Gasteiger charge is 2.52. The summed E-state index contributed by atoms with van der Waals surface area (Å²) in [5.41, 5.74) is 6.95. The van der Waals surface area contributed by atoms with Gasteiger partial charge in [0.15, 0.2) is 0 Å². The number of benzene rings is 1. The van der Waals surface area contributed by atoms with Gasteiger partial charge in [-0.15, -0.1) is 0 Å². The number of methoxy groups -OCH3 is 1. The van der Waals surface area contributed by atoms with Gasteiger partial charge in [0.1, 0.15) is 5.75 Å². The minimum atomic E-state index is -0.643. The van der Waals surface area contributed by atoms with Crippen molar-refractivity contribution in [1.29, 1.82) is 0 Å². The van der Waals surface area contributed by atoms with E-state index in [1.54, 1.807) is 7.11 Å². The van der Waals surface area contributed by atoms with Crippen LogP contribution in [0.4, 0.5) is 0 Å². The van der Waals surface area contributed by atoms with E-state index >= 15 is 0 Å². The molecule has 2 bridgehead atoms. The molecule has 6 heteroatoms. The van der Waals surface area contributed by atoms with Crippen LogP contribution in [0.1, 0.15) is 50.5 Å². The van der Waals surface area contributed by atoms with Gasteiger partial charge in [0.05, 0.1) is 12.6 Å². The van der Waals surface area contributed by atoms with E-state index in [0.29, 0.717) is 24.2 Å². The zero-order valence-corrected chi connectivity index (χ0v) is 17.9. The van der Waals surface area contributed by atoms with Crippen LogP contribution < -0.4 is 10.5 Å². The number of fused-ring (bicyclic) bond motifs is 4. The normalized spacial score (nSPS) is 32.3. The number of ether oxygens (including phenoxy) is 1. The highest BCUT2D eigenvalue weighted by molar-refractivity contribution is 5.87. The Morgan fingerprint density at radius 2 is 2.03 bits per heavy atom. The van der Waals surface area contributed by atoms with E-state index in [1.807, 2.05) is 17.0 Å². The van der Waals surface area contributed by atoms with Gasteiger partial charge in [-0.25, -0.2) is 0 Å². The lowest BCUT2D eigenvalue weighted by Crippen LogP contribution is -2.68. The van der Waals surface area contributed by atoms with Gasteiger partial charge in [0.25, 0.3) is 0 Å². The summed E-state index contributed by atoms with van der Waals surface area (Å²) >= 11 is 0. The summed E-state index contributed by atoms with van der Waals surface area (Å²) in [6.07, 6.45) is 7.23. The molecule has 30 heavy (non-hydrogen) atoms. The summed E-state index contributed by atoms with van der Waals surface area (Å²) in [4.78, 5) is 30.5. The number of carbonyl (C=O) groups excluding carboxylic acids is 2. The molecule has 0 spiro atoms. The molecule has 0 aromatic heterocycles. The quantitative estimate of drug-likeness (QED) is 0.825. The van der Waals surface area contributed by atoms with Gasteiger partial charge in [-0.05, 0) is 74.5 Å². The van der Waals surface area contributed by atoms with Crippen molar-refractivity contribution in [3.63, 3.8) is 0 Å². The number of hydrogen-bond donors (Lipinski definition) is 1. The molecule has 1 saturated carbocycles. The van der Waals surface area contributed by atoms with E-state index < -0.39 is 5.54 Å². The summed E-state index contributed by atoms with van der Waals surface area (Å²) in [6, 6.07) is 8.55. The first kappa shape index (κ1) is 19.9. The summed E-state index contributed by atoms with van der Waals surface area (Å²) in [6.45, 7) is 1.48. The maximum Gasteiger partial charge on any atom is 0.242 e. The predicted molar refractivity (Wildman–Crippen MR) is 114 cm³/mol. The van der Waals surface area contributed by atoms with E-state index in [1.165, 1.54) is 5.56 Å². The highest BCUT2D eigenvalue weighted by atomic mass is 16.5. The standard InChI is InChI=1S/C24H33N3O3/c1-30-19-6-2-5-16(11-19)12-21-18-13-17(20-7-3-8-22(28)27(20)21)14-26(15-18)23(29)24(25)9-4-10-24/h2,5-6,11,17-18,20-21H,3-4,7-10,12-15,25H2,1H3/t17-,18+,20+,21+/m1/s1. The number of rotatable bonds is 4. The van der Waals surface area contributed by atoms with Gasteiger partial charge < -0.3 is 20.3 Å². The average molecular weight is 412 g/mol. The maximum absolute atomic E-state index is 13.2. The van der Waals surface area contributed by atoms with Gasteiger partial charge >= 0.3 is 0 Å². The Kier molecular flexibility index (Phi) is 5.00. The zero-order chi connectivity index (χ0) is 20.9. The van der Waals surface area contributed by atoms with Crippen LogP contribution in [-0.2, 0) is 16.0 Å². The van der Waals surface area contributed by atoms with Gasteiger partial charge in [-0.1, -0.05) is 12.1 Å². The molecule has 3 aliphatic heterocycles. The van der Waals surface area contributed by atoms with Crippen LogP contribution in [0.5, 0.6) is 5.75 Å². The Hall–Kier alpha value is -2.08. The van der Waals surface area contributed by atoms with Crippen molar-refractivity contribution in [2.75, 3.05) is 20.2 Å². The number of nitrogens with two attached hydrogens (primary N) is 1. The largest absolute Gasteiger partial charge is 0.497 e. The molecule has 3 heterocycles. The SMILES string of the molecule is COc1cccc(C[C@H]2[C@H]3C[C@H](CN(C(=O)C4(N)CCC4)C3)[C@@H]3CCCC(=O)N32)c1. The summed E-state index contributed by atoms with van der Waals surface area (Å²) < 4.78 is 5.41. The first-order valence-electron chi connectivity index (χ1n) is 11.5. The highest BCUT2D eigenvalue weighted by Crippen LogP contribution is 2.44. The van der Waals surface area contributed by atoms with Crippen LogP contribution in [0.25, 0.3) is 0 Å². The second kappa shape index (κ2) is 7.56. The third-order valence-electron chi connectivity index (χ3n) is 8.03. The maximum atomic E-state index is 13.2. The Labute approximate surface area is 178 Å².